The van der Waals surface area contributed by atoms with Crippen molar-refractivity contribution in [2.75, 3.05) is 31.6 Å². The molecule has 0 radical (unpaired) electrons. The number of likely N-dealkylation sites (tertiary alicyclic amines) is 1. The van der Waals surface area contributed by atoms with Crippen molar-refractivity contribution < 1.29 is 9.84 Å². The summed E-state index contributed by atoms with van der Waals surface area (Å²) in [5.41, 5.74) is 4.57. The third-order valence-corrected chi connectivity index (χ3v) is 6.67. The van der Waals surface area contributed by atoms with Crippen LogP contribution < -0.4 is 5.32 Å². The highest BCUT2D eigenvalue weighted by Crippen LogP contribution is 2.34. The normalized spacial score (nSPS) is 23.0. The number of hydrogen-bond acceptors (Lipinski definition) is 7. The maximum atomic E-state index is 10.1. The van der Waals surface area contributed by atoms with Crippen LogP contribution in [0.25, 0.3) is 10.9 Å². The summed E-state index contributed by atoms with van der Waals surface area (Å²) in [4.78, 5) is 11.7. The lowest BCUT2D eigenvalue weighted by atomic mass is 9.85. The molecule has 4 heterocycles. The van der Waals surface area contributed by atoms with Crippen LogP contribution in [0.15, 0.2) is 24.4 Å². The SMILES string of the molecule is Cc1cc(Nc2ncc3cc(C)c(C4CCN(C5COCC5O)CC4)cc3n2)n(C)n1. The lowest BCUT2D eigenvalue weighted by Crippen LogP contribution is -2.46. The molecule has 2 aromatic heterocycles. The number of hydrogen-bond donors (Lipinski definition) is 2. The van der Waals surface area contributed by atoms with E-state index in [9.17, 15) is 5.11 Å². The molecule has 2 fully saturated rings. The molecule has 2 aliphatic rings. The Bertz CT molecular complexity index is 1090. The van der Waals surface area contributed by atoms with E-state index < -0.39 is 0 Å². The number of aryl methyl sites for hydroxylation is 3. The standard InChI is InChI=1S/C23H30N6O2/c1-14-8-17-11-24-23(26-22-9-15(2)27-28(22)3)25-19(17)10-18(14)16-4-6-29(7-5-16)20-12-31-13-21(20)30/h8-11,16,20-21,30H,4-7,12-13H2,1-3H3,(H,24,25,26). The van der Waals surface area contributed by atoms with Gasteiger partial charge in [-0.3, -0.25) is 9.58 Å². The number of nitrogens with zero attached hydrogens (tertiary/aromatic N) is 5. The minimum Gasteiger partial charge on any atom is -0.389 e. The number of aliphatic hydroxyl groups is 1. The molecule has 2 aliphatic heterocycles. The first-order valence-corrected chi connectivity index (χ1v) is 11.0. The maximum absolute atomic E-state index is 10.1. The van der Waals surface area contributed by atoms with Crippen molar-refractivity contribution in [2.45, 2.75) is 44.8 Å². The van der Waals surface area contributed by atoms with Gasteiger partial charge in [0.2, 0.25) is 5.95 Å². The smallest absolute Gasteiger partial charge is 0.228 e. The van der Waals surface area contributed by atoms with Gasteiger partial charge in [-0.1, -0.05) is 0 Å². The molecule has 0 amide bonds. The molecule has 0 aliphatic carbocycles. The minimum absolute atomic E-state index is 0.149. The topological polar surface area (TPSA) is 88.3 Å². The molecule has 0 spiro atoms. The molecule has 5 rings (SSSR count). The average molecular weight is 423 g/mol. The summed E-state index contributed by atoms with van der Waals surface area (Å²) in [6, 6.07) is 6.56. The summed E-state index contributed by atoms with van der Waals surface area (Å²) in [7, 11) is 1.90. The Kier molecular flexibility index (Phi) is 5.37. The van der Waals surface area contributed by atoms with Crippen LogP contribution in [0, 0.1) is 13.8 Å². The monoisotopic (exact) mass is 422 g/mol. The second kappa shape index (κ2) is 8.18. The first kappa shape index (κ1) is 20.4. The molecular weight excluding hydrogens is 392 g/mol. The number of fused-ring (bicyclic) bond motifs is 1. The van der Waals surface area contributed by atoms with E-state index in [4.69, 9.17) is 9.72 Å². The second-order valence-electron chi connectivity index (χ2n) is 8.86. The van der Waals surface area contributed by atoms with Gasteiger partial charge in [-0.15, -0.1) is 0 Å². The van der Waals surface area contributed by atoms with Gasteiger partial charge in [0.25, 0.3) is 0 Å². The predicted molar refractivity (Wildman–Crippen MR) is 120 cm³/mol. The summed E-state index contributed by atoms with van der Waals surface area (Å²) in [6.07, 6.45) is 3.69. The van der Waals surface area contributed by atoms with Crippen LogP contribution in [-0.4, -0.2) is 68.2 Å². The van der Waals surface area contributed by atoms with Gasteiger partial charge in [0, 0.05) is 24.7 Å². The third-order valence-electron chi connectivity index (χ3n) is 6.67. The Labute approximate surface area is 182 Å². The van der Waals surface area contributed by atoms with Crippen molar-refractivity contribution in [1.82, 2.24) is 24.6 Å². The number of piperidine rings is 1. The molecule has 31 heavy (non-hydrogen) atoms. The fourth-order valence-electron chi connectivity index (χ4n) is 4.97. The number of ether oxygens (including phenoxy) is 1. The molecule has 164 valence electrons. The number of aromatic nitrogens is 4. The van der Waals surface area contributed by atoms with E-state index in [0.717, 1.165) is 48.3 Å². The van der Waals surface area contributed by atoms with Crippen LogP contribution >= 0.6 is 0 Å². The van der Waals surface area contributed by atoms with Crippen molar-refractivity contribution in [2.24, 2.45) is 7.05 Å². The minimum atomic E-state index is -0.357. The van der Waals surface area contributed by atoms with Crippen molar-refractivity contribution >= 4 is 22.7 Å². The van der Waals surface area contributed by atoms with Crippen molar-refractivity contribution in [3.8, 4) is 0 Å². The summed E-state index contributed by atoms with van der Waals surface area (Å²) in [5, 5.41) is 18.8. The van der Waals surface area contributed by atoms with E-state index in [1.807, 2.05) is 26.2 Å². The number of nitrogens with one attached hydrogen (secondary N) is 1. The Morgan fingerprint density at radius 3 is 2.61 bits per heavy atom. The first-order valence-electron chi connectivity index (χ1n) is 11.0. The average Bonchev–Trinajstić information content (AvgIpc) is 3.32. The zero-order valence-electron chi connectivity index (χ0n) is 18.4. The summed E-state index contributed by atoms with van der Waals surface area (Å²) >= 11 is 0. The van der Waals surface area contributed by atoms with E-state index in [-0.39, 0.29) is 12.1 Å². The fraction of sp³-hybridized carbons (Fsp3) is 0.522. The van der Waals surface area contributed by atoms with Gasteiger partial charge in [0.1, 0.15) is 5.82 Å². The van der Waals surface area contributed by atoms with Crippen LogP contribution in [0.1, 0.15) is 35.6 Å². The summed E-state index contributed by atoms with van der Waals surface area (Å²) in [6.45, 7) is 7.23. The maximum Gasteiger partial charge on any atom is 0.228 e. The van der Waals surface area contributed by atoms with Crippen molar-refractivity contribution in [3.05, 3.63) is 41.2 Å². The van der Waals surface area contributed by atoms with Crippen LogP contribution in [0.2, 0.25) is 0 Å². The molecule has 0 bridgehead atoms. The molecule has 3 aromatic rings. The van der Waals surface area contributed by atoms with E-state index in [1.165, 1.54) is 11.1 Å². The molecule has 2 unspecified atom stereocenters. The van der Waals surface area contributed by atoms with E-state index in [0.29, 0.717) is 25.1 Å². The molecule has 8 nitrogen and oxygen atoms in total. The largest absolute Gasteiger partial charge is 0.389 e. The van der Waals surface area contributed by atoms with E-state index >= 15 is 0 Å². The van der Waals surface area contributed by atoms with Gasteiger partial charge in [-0.25, -0.2) is 9.97 Å². The first-order chi connectivity index (χ1) is 15.0. The summed E-state index contributed by atoms with van der Waals surface area (Å²) < 4.78 is 7.24. The highest BCUT2D eigenvalue weighted by atomic mass is 16.5. The van der Waals surface area contributed by atoms with Crippen LogP contribution in [0.3, 0.4) is 0 Å². The van der Waals surface area contributed by atoms with Gasteiger partial charge in [0.15, 0.2) is 0 Å². The van der Waals surface area contributed by atoms with Gasteiger partial charge in [-0.2, -0.15) is 5.10 Å². The van der Waals surface area contributed by atoms with Gasteiger partial charge in [0.05, 0.1) is 36.6 Å². The van der Waals surface area contributed by atoms with Crippen molar-refractivity contribution in [3.63, 3.8) is 0 Å². The number of rotatable bonds is 4. The molecule has 2 N–H and O–H groups in total. The Balaban J connectivity index is 1.35. The van der Waals surface area contributed by atoms with E-state index in [2.05, 4.69) is 39.4 Å². The lowest BCUT2D eigenvalue weighted by molar-refractivity contribution is 0.0663. The molecule has 2 saturated heterocycles. The fourth-order valence-corrected chi connectivity index (χ4v) is 4.97. The molecule has 0 saturated carbocycles. The van der Waals surface area contributed by atoms with Crippen molar-refractivity contribution in [1.29, 1.82) is 0 Å². The quantitative estimate of drug-likeness (QED) is 0.668. The molecule has 8 heteroatoms. The van der Waals surface area contributed by atoms with E-state index in [1.54, 1.807) is 4.68 Å². The predicted octanol–water partition coefficient (Wildman–Crippen LogP) is 2.66. The third kappa shape index (κ3) is 4.03. The highest BCUT2D eigenvalue weighted by Gasteiger charge is 2.34. The molecule has 1 aromatic carbocycles. The Morgan fingerprint density at radius 2 is 1.94 bits per heavy atom. The zero-order valence-corrected chi connectivity index (χ0v) is 18.4. The lowest BCUT2D eigenvalue weighted by Gasteiger charge is -2.37. The Morgan fingerprint density at radius 1 is 1.13 bits per heavy atom. The van der Waals surface area contributed by atoms with Gasteiger partial charge >= 0.3 is 0 Å². The number of anilines is 2. The van der Waals surface area contributed by atoms with Gasteiger partial charge < -0.3 is 15.2 Å². The van der Waals surface area contributed by atoms with Gasteiger partial charge in [-0.05, 0) is 69.0 Å². The number of benzene rings is 1. The van der Waals surface area contributed by atoms with Crippen LogP contribution in [-0.2, 0) is 11.8 Å². The Hall–Kier alpha value is -2.55. The zero-order chi connectivity index (χ0) is 21.5. The van der Waals surface area contributed by atoms with Crippen LogP contribution in [0.4, 0.5) is 11.8 Å². The van der Waals surface area contributed by atoms with Crippen LogP contribution in [0.5, 0.6) is 0 Å². The highest BCUT2D eigenvalue weighted by molar-refractivity contribution is 5.81. The molecule has 2 atom stereocenters. The molecular formula is C23H30N6O2. The summed E-state index contributed by atoms with van der Waals surface area (Å²) in [5.74, 6) is 1.95. The second-order valence-corrected chi connectivity index (χ2v) is 8.86. The number of aliphatic hydroxyl groups excluding tert-OH is 1.